The Bertz CT molecular complexity index is 850. The molecule has 1 atom stereocenters. The van der Waals surface area contributed by atoms with Crippen LogP contribution in [0.25, 0.3) is 0 Å². The Balaban J connectivity index is 3.12. The molecule has 5 nitrogen and oxygen atoms in total. The van der Waals surface area contributed by atoms with Gasteiger partial charge in [-0.15, -0.1) is 0 Å². The van der Waals surface area contributed by atoms with Crippen molar-refractivity contribution in [3.63, 3.8) is 0 Å². The third-order valence-corrected chi connectivity index (χ3v) is 9.26. The van der Waals surface area contributed by atoms with Gasteiger partial charge in [0, 0.05) is 0 Å². The molecule has 178 valence electrons. The maximum Gasteiger partial charge on any atom is 0.211 e. The predicted molar refractivity (Wildman–Crippen MR) is 135 cm³/mol. The minimum Gasteiger partial charge on any atom is -0.492 e. The van der Waals surface area contributed by atoms with E-state index in [0.717, 1.165) is 5.30 Å². The summed E-state index contributed by atoms with van der Waals surface area (Å²) in [4.78, 5) is 0. The van der Waals surface area contributed by atoms with Crippen molar-refractivity contribution in [3.8, 4) is 28.7 Å². The van der Waals surface area contributed by atoms with E-state index in [4.69, 9.17) is 23.7 Å². The highest BCUT2D eigenvalue weighted by atomic mass is 31.1. The molecule has 0 saturated carbocycles. The molecular formula is C26H39O5P. The molecular weight excluding hydrogens is 423 g/mol. The van der Waals surface area contributed by atoms with Gasteiger partial charge in [0.05, 0.1) is 40.9 Å². The van der Waals surface area contributed by atoms with Gasteiger partial charge in [-0.05, 0) is 29.7 Å². The fraction of sp³-hybridized carbons (Fsp3) is 0.538. The van der Waals surface area contributed by atoms with E-state index in [2.05, 4.69) is 65.8 Å². The van der Waals surface area contributed by atoms with Gasteiger partial charge < -0.3 is 23.7 Å². The molecule has 0 aromatic heterocycles. The standard InChI is InChI=1S/C26H39O5P/c1-25(2,3)24(26(4,5)6)32(17-15-13-12-14-16-17)23-21(30-10)19(28-8)18(27-7)20(29-9)22(23)31-11/h12-16,24H,1-11H3. The molecule has 0 aliphatic rings. The molecule has 0 fully saturated rings. The van der Waals surface area contributed by atoms with Gasteiger partial charge in [-0.1, -0.05) is 71.9 Å². The van der Waals surface area contributed by atoms with Crippen molar-refractivity contribution < 1.29 is 23.7 Å². The number of ether oxygens (including phenoxy) is 5. The average molecular weight is 463 g/mol. The van der Waals surface area contributed by atoms with Crippen molar-refractivity contribution in [2.45, 2.75) is 47.2 Å². The van der Waals surface area contributed by atoms with Crippen molar-refractivity contribution in [2.75, 3.05) is 35.5 Å². The van der Waals surface area contributed by atoms with E-state index < -0.39 is 7.92 Å². The van der Waals surface area contributed by atoms with Crippen molar-refractivity contribution in [2.24, 2.45) is 10.8 Å². The summed E-state index contributed by atoms with van der Waals surface area (Å²) in [5, 5.41) is 2.20. The van der Waals surface area contributed by atoms with Gasteiger partial charge in [0.25, 0.3) is 0 Å². The predicted octanol–water partition coefficient (Wildman–Crippen LogP) is 5.62. The van der Waals surface area contributed by atoms with Gasteiger partial charge in [-0.3, -0.25) is 0 Å². The van der Waals surface area contributed by atoms with Crippen LogP contribution < -0.4 is 34.3 Å². The van der Waals surface area contributed by atoms with E-state index in [9.17, 15) is 0 Å². The van der Waals surface area contributed by atoms with Gasteiger partial charge in [-0.2, -0.15) is 0 Å². The first-order valence-corrected chi connectivity index (χ1v) is 12.2. The quantitative estimate of drug-likeness (QED) is 0.476. The van der Waals surface area contributed by atoms with Crippen molar-refractivity contribution >= 4 is 18.5 Å². The van der Waals surface area contributed by atoms with Crippen LogP contribution in [0, 0.1) is 10.8 Å². The molecule has 0 aliphatic carbocycles. The summed E-state index contributed by atoms with van der Waals surface area (Å²) in [6.07, 6.45) is 0. The molecule has 0 bridgehead atoms. The summed E-state index contributed by atoms with van der Waals surface area (Å²) in [6.45, 7) is 13.8. The van der Waals surface area contributed by atoms with Crippen LogP contribution in [0.3, 0.4) is 0 Å². The Labute approximate surface area is 195 Å². The zero-order valence-electron chi connectivity index (χ0n) is 21.5. The number of rotatable bonds is 8. The monoisotopic (exact) mass is 462 g/mol. The molecule has 0 heterocycles. The molecule has 2 rings (SSSR count). The molecule has 1 unspecified atom stereocenters. The molecule has 2 aromatic rings. The average Bonchev–Trinajstić information content (AvgIpc) is 2.73. The lowest BCUT2D eigenvalue weighted by molar-refractivity contribution is 0.245. The van der Waals surface area contributed by atoms with Crippen LogP contribution in [0.4, 0.5) is 0 Å². The van der Waals surface area contributed by atoms with E-state index in [0.29, 0.717) is 28.7 Å². The maximum absolute atomic E-state index is 6.01. The SMILES string of the molecule is COc1c(OC)c(OC)c(P(c2ccccc2)C(C(C)(C)C)C(C)(C)C)c(OC)c1OC. The zero-order chi connectivity index (χ0) is 24.3. The second kappa shape index (κ2) is 10.2. The second-order valence-corrected chi connectivity index (χ2v) is 12.1. The molecule has 0 spiro atoms. The Hall–Kier alpha value is -2.13. The number of hydrogen-bond donors (Lipinski definition) is 0. The van der Waals surface area contributed by atoms with E-state index in [1.54, 1.807) is 35.5 Å². The van der Waals surface area contributed by atoms with E-state index in [-0.39, 0.29) is 16.5 Å². The van der Waals surface area contributed by atoms with Gasteiger partial charge in [0.2, 0.25) is 17.2 Å². The van der Waals surface area contributed by atoms with E-state index >= 15 is 0 Å². The summed E-state index contributed by atoms with van der Waals surface area (Å²) in [5.74, 6) is 2.71. The van der Waals surface area contributed by atoms with Crippen LogP contribution in [0.15, 0.2) is 30.3 Å². The van der Waals surface area contributed by atoms with Crippen LogP contribution in [-0.2, 0) is 0 Å². The summed E-state index contributed by atoms with van der Waals surface area (Å²) in [7, 11) is 7.17. The lowest BCUT2D eigenvalue weighted by Gasteiger charge is -2.46. The highest BCUT2D eigenvalue weighted by Gasteiger charge is 2.45. The van der Waals surface area contributed by atoms with Crippen LogP contribution in [-0.4, -0.2) is 41.2 Å². The topological polar surface area (TPSA) is 46.2 Å². The molecule has 0 amide bonds. The minimum absolute atomic E-state index is 0.00375. The molecule has 2 aromatic carbocycles. The van der Waals surface area contributed by atoms with Crippen LogP contribution in [0.1, 0.15) is 41.5 Å². The van der Waals surface area contributed by atoms with Gasteiger partial charge in [0.1, 0.15) is 0 Å². The lowest BCUT2D eigenvalue weighted by atomic mass is 9.77. The van der Waals surface area contributed by atoms with Crippen LogP contribution in [0.2, 0.25) is 0 Å². The summed E-state index contributed by atoms with van der Waals surface area (Å²) < 4.78 is 29.3. The van der Waals surface area contributed by atoms with Crippen LogP contribution in [0.5, 0.6) is 28.7 Å². The largest absolute Gasteiger partial charge is 0.492 e. The first-order chi connectivity index (χ1) is 15.0. The molecule has 0 aliphatic heterocycles. The summed E-state index contributed by atoms with van der Waals surface area (Å²) in [5.41, 5.74) is 0.268. The molecule has 0 radical (unpaired) electrons. The van der Waals surface area contributed by atoms with Crippen molar-refractivity contribution in [3.05, 3.63) is 30.3 Å². The Morgan fingerprint density at radius 3 is 1.22 bits per heavy atom. The van der Waals surface area contributed by atoms with E-state index in [1.165, 1.54) is 5.30 Å². The van der Waals surface area contributed by atoms with E-state index in [1.807, 2.05) is 6.07 Å². The third-order valence-electron chi connectivity index (χ3n) is 5.45. The first-order valence-electron chi connectivity index (χ1n) is 10.8. The highest BCUT2D eigenvalue weighted by Crippen LogP contribution is 2.61. The molecule has 0 saturated heterocycles. The molecule has 0 N–H and O–H groups in total. The number of methoxy groups -OCH3 is 5. The highest BCUT2D eigenvalue weighted by molar-refractivity contribution is 7.74. The maximum atomic E-state index is 6.01. The number of hydrogen-bond acceptors (Lipinski definition) is 5. The summed E-state index contributed by atoms with van der Waals surface area (Å²) in [6, 6.07) is 10.6. The Morgan fingerprint density at radius 1 is 0.562 bits per heavy atom. The van der Waals surface area contributed by atoms with Gasteiger partial charge >= 0.3 is 0 Å². The van der Waals surface area contributed by atoms with Crippen LogP contribution >= 0.6 is 7.92 Å². The molecule has 32 heavy (non-hydrogen) atoms. The van der Waals surface area contributed by atoms with Crippen molar-refractivity contribution in [1.82, 2.24) is 0 Å². The lowest BCUT2D eigenvalue weighted by Crippen LogP contribution is -2.42. The first kappa shape index (κ1) is 26.1. The Morgan fingerprint density at radius 2 is 0.906 bits per heavy atom. The zero-order valence-corrected chi connectivity index (χ0v) is 22.3. The normalized spacial score (nSPS) is 13.0. The smallest absolute Gasteiger partial charge is 0.211 e. The fourth-order valence-electron chi connectivity index (χ4n) is 4.85. The van der Waals surface area contributed by atoms with Crippen molar-refractivity contribution in [1.29, 1.82) is 0 Å². The second-order valence-electron chi connectivity index (χ2n) is 9.85. The molecule has 6 heteroatoms. The minimum atomic E-state index is -0.970. The third kappa shape index (κ3) is 4.93. The summed E-state index contributed by atoms with van der Waals surface area (Å²) >= 11 is 0. The Kier molecular flexibility index (Phi) is 8.33. The van der Waals surface area contributed by atoms with Gasteiger partial charge in [0.15, 0.2) is 11.5 Å². The van der Waals surface area contributed by atoms with Gasteiger partial charge in [-0.25, -0.2) is 0 Å². The number of benzene rings is 2. The fourth-order valence-corrected chi connectivity index (χ4v) is 8.53.